The third kappa shape index (κ3) is 4.54. The monoisotopic (exact) mass is 292 g/mol. The number of aliphatic carboxylic acids is 1. The molecule has 0 aromatic heterocycles. The second kappa shape index (κ2) is 7.19. The van der Waals surface area contributed by atoms with Crippen molar-refractivity contribution in [1.29, 1.82) is 0 Å². The lowest BCUT2D eigenvalue weighted by Crippen LogP contribution is -2.19. The molecule has 114 valence electrons. The molecule has 6 heteroatoms. The van der Waals surface area contributed by atoms with Crippen molar-refractivity contribution < 1.29 is 19.8 Å². The van der Waals surface area contributed by atoms with Crippen LogP contribution in [0, 0.1) is 0 Å². The minimum atomic E-state index is -0.793. The Hall–Kier alpha value is -1.92. The van der Waals surface area contributed by atoms with Gasteiger partial charge in [0.2, 0.25) is 5.91 Å². The average Bonchev–Trinajstić information content (AvgIpc) is 2.81. The van der Waals surface area contributed by atoms with Crippen molar-refractivity contribution in [1.82, 2.24) is 5.32 Å². The Morgan fingerprint density at radius 2 is 2.19 bits per heavy atom. The first-order valence-electron chi connectivity index (χ1n) is 7.09. The number of aliphatic hydroxyl groups excluding tert-OH is 1. The summed E-state index contributed by atoms with van der Waals surface area (Å²) in [7, 11) is 0. The van der Waals surface area contributed by atoms with Crippen molar-refractivity contribution in [3.8, 4) is 0 Å². The summed E-state index contributed by atoms with van der Waals surface area (Å²) < 4.78 is 0. The fraction of sp³-hybridized carbons (Fsp3) is 0.467. The minimum Gasteiger partial charge on any atom is -0.481 e. The molecular formula is C15H20N2O4. The number of amides is 1. The Labute approximate surface area is 123 Å². The van der Waals surface area contributed by atoms with Crippen LogP contribution in [-0.4, -0.2) is 35.2 Å². The van der Waals surface area contributed by atoms with E-state index in [1.165, 1.54) is 0 Å². The molecule has 0 aliphatic carbocycles. The van der Waals surface area contributed by atoms with E-state index in [0.29, 0.717) is 32.4 Å². The number of hydrogen-bond donors (Lipinski definition) is 4. The Kier molecular flexibility index (Phi) is 5.30. The molecule has 1 heterocycles. The Morgan fingerprint density at radius 1 is 1.38 bits per heavy atom. The van der Waals surface area contributed by atoms with Gasteiger partial charge in [0, 0.05) is 12.1 Å². The van der Waals surface area contributed by atoms with E-state index in [2.05, 4.69) is 10.6 Å². The zero-order chi connectivity index (χ0) is 15.2. The van der Waals surface area contributed by atoms with Gasteiger partial charge in [-0.2, -0.15) is 0 Å². The molecule has 1 amide bonds. The van der Waals surface area contributed by atoms with E-state index in [1.807, 2.05) is 18.2 Å². The summed E-state index contributed by atoms with van der Waals surface area (Å²) in [5.74, 6) is -0.810. The average molecular weight is 292 g/mol. The molecule has 1 aliphatic heterocycles. The van der Waals surface area contributed by atoms with Crippen LogP contribution in [0.25, 0.3) is 0 Å². The summed E-state index contributed by atoms with van der Waals surface area (Å²) in [6.45, 7) is 1.25. The molecule has 21 heavy (non-hydrogen) atoms. The van der Waals surface area contributed by atoms with E-state index in [1.54, 1.807) is 0 Å². The third-order valence-electron chi connectivity index (χ3n) is 3.48. The maximum absolute atomic E-state index is 11.3. The molecule has 6 nitrogen and oxygen atoms in total. The van der Waals surface area contributed by atoms with Gasteiger partial charge in [-0.3, -0.25) is 9.59 Å². The van der Waals surface area contributed by atoms with Crippen molar-refractivity contribution in [3.63, 3.8) is 0 Å². The van der Waals surface area contributed by atoms with Gasteiger partial charge >= 0.3 is 5.97 Å². The van der Waals surface area contributed by atoms with Gasteiger partial charge in [0.25, 0.3) is 0 Å². The van der Waals surface area contributed by atoms with Crippen molar-refractivity contribution in [3.05, 3.63) is 29.3 Å². The fourth-order valence-corrected chi connectivity index (χ4v) is 2.35. The molecule has 0 saturated carbocycles. The molecule has 0 saturated heterocycles. The summed E-state index contributed by atoms with van der Waals surface area (Å²) in [6.07, 6.45) is 1.06. The molecule has 1 aliphatic rings. The quantitative estimate of drug-likeness (QED) is 0.537. The minimum absolute atomic E-state index is 0.0169. The van der Waals surface area contributed by atoms with E-state index in [-0.39, 0.29) is 12.3 Å². The molecule has 1 aromatic carbocycles. The number of anilines is 1. The number of aliphatic hydroxyl groups is 1. The number of carboxylic acids is 1. The van der Waals surface area contributed by atoms with Gasteiger partial charge in [-0.1, -0.05) is 12.1 Å². The second-order valence-electron chi connectivity index (χ2n) is 5.19. The maximum Gasteiger partial charge on any atom is 0.303 e. The third-order valence-corrected chi connectivity index (χ3v) is 3.48. The highest BCUT2D eigenvalue weighted by molar-refractivity contribution is 5.99. The normalized spacial score (nSPS) is 14.6. The number of rotatable bonds is 8. The van der Waals surface area contributed by atoms with Crippen LogP contribution >= 0.6 is 0 Å². The van der Waals surface area contributed by atoms with Gasteiger partial charge in [0.05, 0.1) is 12.5 Å². The van der Waals surface area contributed by atoms with E-state index in [9.17, 15) is 14.7 Å². The number of hydrogen-bond acceptors (Lipinski definition) is 4. The van der Waals surface area contributed by atoms with Crippen LogP contribution in [0.4, 0.5) is 5.69 Å². The molecule has 4 N–H and O–H groups in total. The number of carboxylic acid groups (broad SMARTS) is 1. The standard InChI is InChI=1S/C15H20N2O4/c18-13(5-7-16-6-1-2-15(20)21)10-3-4-12-11(8-10)9-14(19)17-12/h3-4,8,13,16,18H,1-2,5-7,9H2,(H,17,19)(H,20,21). The van der Waals surface area contributed by atoms with Crippen molar-refractivity contribution in [2.75, 3.05) is 18.4 Å². The Morgan fingerprint density at radius 3 is 2.95 bits per heavy atom. The fourth-order valence-electron chi connectivity index (χ4n) is 2.35. The molecule has 2 rings (SSSR count). The van der Waals surface area contributed by atoms with Crippen molar-refractivity contribution >= 4 is 17.6 Å². The van der Waals surface area contributed by atoms with Gasteiger partial charge in [-0.25, -0.2) is 0 Å². The van der Waals surface area contributed by atoms with Crippen LogP contribution in [0.15, 0.2) is 18.2 Å². The van der Waals surface area contributed by atoms with Gasteiger partial charge in [-0.15, -0.1) is 0 Å². The Balaban J connectivity index is 1.74. The maximum atomic E-state index is 11.3. The first kappa shape index (κ1) is 15.5. The highest BCUT2D eigenvalue weighted by Gasteiger charge is 2.19. The lowest BCUT2D eigenvalue weighted by atomic mass is 10.0. The molecule has 1 aromatic rings. The topological polar surface area (TPSA) is 98.7 Å². The van der Waals surface area contributed by atoms with Crippen LogP contribution in [0.1, 0.15) is 36.5 Å². The summed E-state index contributed by atoms with van der Waals surface area (Å²) in [6, 6.07) is 5.50. The Bertz CT molecular complexity index is 530. The summed E-state index contributed by atoms with van der Waals surface area (Å²) in [5.41, 5.74) is 2.55. The molecule has 0 fully saturated rings. The molecule has 1 atom stereocenters. The first-order chi connectivity index (χ1) is 10.1. The number of benzene rings is 1. The smallest absolute Gasteiger partial charge is 0.303 e. The number of carbonyl (C=O) groups excluding carboxylic acids is 1. The summed E-state index contributed by atoms with van der Waals surface area (Å²) >= 11 is 0. The van der Waals surface area contributed by atoms with Gasteiger partial charge in [0.15, 0.2) is 0 Å². The lowest BCUT2D eigenvalue weighted by molar-refractivity contribution is -0.137. The SMILES string of the molecule is O=C(O)CCCNCCC(O)c1ccc2c(c1)CC(=O)N2. The largest absolute Gasteiger partial charge is 0.481 e. The second-order valence-corrected chi connectivity index (χ2v) is 5.19. The lowest BCUT2D eigenvalue weighted by Gasteiger charge is -2.12. The highest BCUT2D eigenvalue weighted by Crippen LogP contribution is 2.27. The van der Waals surface area contributed by atoms with Crippen molar-refractivity contribution in [2.45, 2.75) is 31.8 Å². The van der Waals surface area contributed by atoms with Crippen LogP contribution < -0.4 is 10.6 Å². The van der Waals surface area contributed by atoms with Crippen LogP contribution in [0.3, 0.4) is 0 Å². The van der Waals surface area contributed by atoms with Gasteiger partial charge < -0.3 is 20.8 Å². The van der Waals surface area contributed by atoms with Crippen LogP contribution in [0.5, 0.6) is 0 Å². The summed E-state index contributed by atoms with van der Waals surface area (Å²) in [4.78, 5) is 21.6. The highest BCUT2D eigenvalue weighted by atomic mass is 16.4. The number of fused-ring (bicyclic) bond motifs is 1. The van der Waals surface area contributed by atoms with Crippen LogP contribution in [0.2, 0.25) is 0 Å². The van der Waals surface area contributed by atoms with E-state index >= 15 is 0 Å². The predicted octanol–water partition coefficient (Wildman–Crippen LogP) is 1.06. The van der Waals surface area contributed by atoms with Crippen molar-refractivity contribution in [2.24, 2.45) is 0 Å². The molecule has 1 unspecified atom stereocenters. The van der Waals surface area contributed by atoms with E-state index in [4.69, 9.17) is 5.11 Å². The van der Waals surface area contributed by atoms with E-state index < -0.39 is 12.1 Å². The van der Waals surface area contributed by atoms with Crippen LogP contribution in [-0.2, 0) is 16.0 Å². The first-order valence-corrected chi connectivity index (χ1v) is 7.09. The zero-order valence-corrected chi connectivity index (χ0v) is 11.8. The molecular weight excluding hydrogens is 272 g/mol. The number of carbonyl (C=O) groups is 2. The van der Waals surface area contributed by atoms with E-state index in [0.717, 1.165) is 16.8 Å². The van der Waals surface area contributed by atoms with Gasteiger partial charge in [0.1, 0.15) is 0 Å². The van der Waals surface area contributed by atoms with Gasteiger partial charge in [-0.05, 0) is 43.1 Å². The summed E-state index contributed by atoms with van der Waals surface area (Å²) in [5, 5.41) is 24.5. The molecule has 0 spiro atoms. The molecule has 0 bridgehead atoms. The number of nitrogens with one attached hydrogen (secondary N) is 2. The zero-order valence-electron chi connectivity index (χ0n) is 11.8. The molecule has 0 radical (unpaired) electrons. The predicted molar refractivity (Wildman–Crippen MR) is 78.1 cm³/mol.